The van der Waals surface area contributed by atoms with Gasteiger partial charge in [0.05, 0.1) is 13.2 Å². The number of nitrogens with one attached hydrogen (secondary N) is 2. The van der Waals surface area contributed by atoms with Gasteiger partial charge in [-0.1, -0.05) is 0 Å². The lowest BCUT2D eigenvalue weighted by molar-refractivity contribution is 0.0846. The maximum atomic E-state index is 12.2. The van der Waals surface area contributed by atoms with Gasteiger partial charge in [-0.05, 0) is 78.9 Å². The molecule has 0 aliphatic carbocycles. The number of hydrazine groups is 1. The second-order valence-corrected chi connectivity index (χ2v) is 6.69. The second-order valence-electron chi connectivity index (χ2n) is 5.45. The third kappa shape index (κ3) is 5.35. The van der Waals surface area contributed by atoms with Crippen LogP contribution < -0.4 is 20.3 Å². The van der Waals surface area contributed by atoms with Crippen LogP contribution in [0.15, 0.2) is 42.5 Å². The van der Waals surface area contributed by atoms with Gasteiger partial charge in [-0.15, -0.1) is 0 Å². The minimum atomic E-state index is -0.451. The summed E-state index contributed by atoms with van der Waals surface area (Å²) in [5, 5.41) is 0. The fourth-order valence-electron chi connectivity index (χ4n) is 2.02. The molecule has 0 aliphatic heterocycles. The zero-order valence-electron chi connectivity index (χ0n) is 14.1. The number of amides is 2. The van der Waals surface area contributed by atoms with Crippen LogP contribution in [0.5, 0.6) is 11.5 Å². The van der Waals surface area contributed by atoms with Crippen molar-refractivity contribution in [2.24, 2.45) is 0 Å². The smallest absolute Gasteiger partial charge is 0.269 e. The molecule has 0 spiro atoms. The summed E-state index contributed by atoms with van der Waals surface area (Å²) in [7, 11) is 1.50. The molecular formula is C18H19IN2O4. The molecule has 0 atom stereocenters. The quantitative estimate of drug-likeness (QED) is 0.538. The van der Waals surface area contributed by atoms with Gasteiger partial charge in [0.15, 0.2) is 11.5 Å². The van der Waals surface area contributed by atoms with Crippen molar-refractivity contribution in [2.45, 2.75) is 20.0 Å². The Morgan fingerprint density at radius 1 is 0.920 bits per heavy atom. The van der Waals surface area contributed by atoms with Crippen molar-refractivity contribution in [3.05, 3.63) is 57.2 Å². The van der Waals surface area contributed by atoms with E-state index in [1.54, 1.807) is 30.3 Å². The van der Waals surface area contributed by atoms with Crippen LogP contribution in [0.4, 0.5) is 0 Å². The van der Waals surface area contributed by atoms with Gasteiger partial charge in [-0.3, -0.25) is 20.4 Å². The number of hydrogen-bond acceptors (Lipinski definition) is 4. The summed E-state index contributed by atoms with van der Waals surface area (Å²) in [6, 6.07) is 11.8. The molecule has 2 N–H and O–H groups in total. The van der Waals surface area contributed by atoms with Crippen LogP contribution in [-0.4, -0.2) is 25.0 Å². The van der Waals surface area contributed by atoms with E-state index in [1.165, 1.54) is 7.11 Å². The van der Waals surface area contributed by atoms with E-state index in [0.717, 1.165) is 3.57 Å². The second kappa shape index (κ2) is 8.70. The summed E-state index contributed by atoms with van der Waals surface area (Å²) in [4.78, 5) is 24.2. The maximum Gasteiger partial charge on any atom is 0.269 e. The normalized spacial score (nSPS) is 10.3. The van der Waals surface area contributed by atoms with Gasteiger partial charge in [0.2, 0.25) is 0 Å². The summed E-state index contributed by atoms with van der Waals surface area (Å²) in [5.41, 5.74) is 5.58. The van der Waals surface area contributed by atoms with Gasteiger partial charge >= 0.3 is 0 Å². The van der Waals surface area contributed by atoms with Gasteiger partial charge in [-0.25, -0.2) is 0 Å². The number of carbonyl (C=O) groups excluding carboxylic acids is 2. The predicted octanol–water partition coefficient (Wildman–Crippen LogP) is 3.16. The number of rotatable bonds is 5. The molecule has 0 aromatic heterocycles. The first kappa shape index (κ1) is 19.0. The van der Waals surface area contributed by atoms with Crippen LogP contribution in [0.25, 0.3) is 0 Å². The summed E-state index contributed by atoms with van der Waals surface area (Å²) in [6.07, 6.45) is -0.0122. The Hall–Kier alpha value is -2.29. The third-order valence-electron chi connectivity index (χ3n) is 3.18. The Morgan fingerprint density at radius 2 is 1.48 bits per heavy atom. The van der Waals surface area contributed by atoms with Crippen LogP contribution >= 0.6 is 22.6 Å². The molecule has 0 unspecified atom stereocenters. The first-order valence-corrected chi connectivity index (χ1v) is 8.69. The monoisotopic (exact) mass is 454 g/mol. The minimum Gasteiger partial charge on any atom is -0.493 e. The molecule has 2 aromatic rings. The van der Waals surface area contributed by atoms with Gasteiger partial charge in [0, 0.05) is 14.7 Å². The highest BCUT2D eigenvalue weighted by atomic mass is 127. The molecule has 0 saturated carbocycles. The molecule has 2 aromatic carbocycles. The lowest BCUT2D eigenvalue weighted by atomic mass is 10.2. The number of benzene rings is 2. The molecule has 0 saturated heterocycles. The summed E-state index contributed by atoms with van der Waals surface area (Å²) in [5.74, 6) is 0.159. The molecule has 0 radical (unpaired) electrons. The van der Waals surface area contributed by atoms with Crippen molar-refractivity contribution >= 4 is 34.4 Å². The molecule has 6 nitrogen and oxygen atoms in total. The van der Waals surface area contributed by atoms with E-state index in [2.05, 4.69) is 33.4 Å². The fraction of sp³-hybridized carbons (Fsp3) is 0.222. The van der Waals surface area contributed by atoms with Gasteiger partial charge in [0.1, 0.15) is 0 Å². The number of hydrogen-bond donors (Lipinski definition) is 2. The molecule has 25 heavy (non-hydrogen) atoms. The average Bonchev–Trinajstić information content (AvgIpc) is 2.59. The van der Waals surface area contributed by atoms with Gasteiger partial charge < -0.3 is 9.47 Å². The zero-order valence-corrected chi connectivity index (χ0v) is 16.3. The molecular weight excluding hydrogens is 435 g/mol. The van der Waals surface area contributed by atoms with Crippen LogP contribution in [-0.2, 0) is 0 Å². The van der Waals surface area contributed by atoms with Crippen LogP contribution in [0, 0.1) is 3.57 Å². The summed E-state index contributed by atoms with van der Waals surface area (Å²) < 4.78 is 11.9. The first-order chi connectivity index (χ1) is 11.9. The number of methoxy groups -OCH3 is 1. The molecule has 132 valence electrons. The van der Waals surface area contributed by atoms with E-state index in [9.17, 15) is 9.59 Å². The lowest BCUT2D eigenvalue weighted by Gasteiger charge is -2.14. The highest BCUT2D eigenvalue weighted by molar-refractivity contribution is 14.1. The summed E-state index contributed by atoms with van der Waals surface area (Å²) in [6.45, 7) is 3.81. The Bertz CT molecular complexity index is 760. The average molecular weight is 454 g/mol. The zero-order chi connectivity index (χ0) is 18.4. The van der Waals surface area contributed by atoms with E-state index in [-0.39, 0.29) is 6.10 Å². The predicted molar refractivity (Wildman–Crippen MR) is 103 cm³/mol. The van der Waals surface area contributed by atoms with E-state index in [4.69, 9.17) is 9.47 Å². The van der Waals surface area contributed by atoms with Crippen molar-refractivity contribution < 1.29 is 19.1 Å². The van der Waals surface area contributed by atoms with Gasteiger partial charge in [-0.2, -0.15) is 0 Å². The van der Waals surface area contributed by atoms with E-state index in [0.29, 0.717) is 22.6 Å². The number of ether oxygens (including phenoxy) is 2. The van der Waals surface area contributed by atoms with Gasteiger partial charge in [0.25, 0.3) is 11.8 Å². The van der Waals surface area contributed by atoms with Crippen molar-refractivity contribution in [1.82, 2.24) is 10.9 Å². The maximum absolute atomic E-state index is 12.2. The largest absolute Gasteiger partial charge is 0.493 e. The lowest BCUT2D eigenvalue weighted by Crippen LogP contribution is -2.41. The topological polar surface area (TPSA) is 76.7 Å². The van der Waals surface area contributed by atoms with Crippen LogP contribution in [0.3, 0.4) is 0 Å². The van der Waals surface area contributed by atoms with E-state index >= 15 is 0 Å². The van der Waals surface area contributed by atoms with Crippen molar-refractivity contribution in [2.75, 3.05) is 7.11 Å². The number of carbonyl (C=O) groups is 2. The molecule has 0 heterocycles. The Labute approximate surface area is 160 Å². The van der Waals surface area contributed by atoms with Crippen molar-refractivity contribution in [3.63, 3.8) is 0 Å². The molecule has 0 aliphatic rings. The highest BCUT2D eigenvalue weighted by Crippen LogP contribution is 2.28. The molecule has 0 fully saturated rings. The molecule has 2 amide bonds. The molecule has 7 heteroatoms. The van der Waals surface area contributed by atoms with E-state index in [1.807, 2.05) is 26.0 Å². The van der Waals surface area contributed by atoms with Crippen LogP contribution in [0.1, 0.15) is 34.6 Å². The molecule has 0 bridgehead atoms. The fourth-order valence-corrected chi connectivity index (χ4v) is 2.38. The summed E-state index contributed by atoms with van der Waals surface area (Å²) >= 11 is 2.15. The number of halogens is 1. The Kier molecular flexibility index (Phi) is 6.63. The minimum absolute atomic E-state index is 0.0122. The van der Waals surface area contributed by atoms with Crippen molar-refractivity contribution in [3.8, 4) is 11.5 Å². The van der Waals surface area contributed by atoms with E-state index < -0.39 is 11.8 Å². The van der Waals surface area contributed by atoms with Crippen LogP contribution in [0.2, 0.25) is 0 Å². The third-order valence-corrected chi connectivity index (χ3v) is 3.90. The Balaban J connectivity index is 2.02. The van der Waals surface area contributed by atoms with Crippen molar-refractivity contribution in [1.29, 1.82) is 0 Å². The SMILES string of the molecule is COc1cc(C(=O)NNC(=O)c2ccc(I)cc2)ccc1OC(C)C. The molecule has 2 rings (SSSR count). The highest BCUT2D eigenvalue weighted by Gasteiger charge is 2.13. The first-order valence-electron chi connectivity index (χ1n) is 7.61. The standard InChI is InChI=1S/C18H19IN2O4/c1-11(2)25-15-9-6-13(10-16(15)24-3)18(23)21-20-17(22)12-4-7-14(19)8-5-12/h4-11H,1-3H3,(H,20,22)(H,21,23). The Morgan fingerprint density at radius 3 is 2.04 bits per heavy atom.